The van der Waals surface area contributed by atoms with Gasteiger partial charge in [-0.3, -0.25) is 9.59 Å². The van der Waals surface area contributed by atoms with Crippen LogP contribution in [0.15, 0.2) is 36.4 Å². The highest BCUT2D eigenvalue weighted by molar-refractivity contribution is 6.01. The van der Waals surface area contributed by atoms with Gasteiger partial charge in [0.25, 0.3) is 0 Å². The van der Waals surface area contributed by atoms with E-state index in [0.717, 1.165) is 18.4 Å². The van der Waals surface area contributed by atoms with Crippen LogP contribution in [-0.4, -0.2) is 11.8 Å². The van der Waals surface area contributed by atoms with E-state index in [-0.39, 0.29) is 18.2 Å². The van der Waals surface area contributed by atoms with Crippen LogP contribution in [0.4, 0.5) is 10.1 Å². The van der Waals surface area contributed by atoms with Gasteiger partial charge in [0.15, 0.2) is 0 Å². The molecule has 2 aliphatic rings. The number of fused-ring (bicyclic) bond motifs is 2. The van der Waals surface area contributed by atoms with E-state index in [0.29, 0.717) is 17.8 Å². The maximum atomic E-state index is 13.4. The maximum Gasteiger partial charge on any atom is 0.228 e. The van der Waals surface area contributed by atoms with E-state index in [2.05, 4.69) is 22.8 Å². The number of hydrogen-bond acceptors (Lipinski definition) is 2. The molecule has 2 aromatic carbocycles. The van der Waals surface area contributed by atoms with Gasteiger partial charge in [-0.05, 0) is 53.6 Å². The summed E-state index contributed by atoms with van der Waals surface area (Å²) in [5.41, 5.74) is 4.87. The fraction of sp³-hybridized carbons (Fsp3) is 0.300. The summed E-state index contributed by atoms with van der Waals surface area (Å²) in [7, 11) is 0. The van der Waals surface area contributed by atoms with E-state index < -0.39 is 11.7 Å². The second kappa shape index (κ2) is 6.31. The Morgan fingerprint density at radius 1 is 1.16 bits per heavy atom. The van der Waals surface area contributed by atoms with Crippen LogP contribution in [0.25, 0.3) is 0 Å². The van der Waals surface area contributed by atoms with Crippen molar-refractivity contribution in [3.63, 3.8) is 0 Å². The third kappa shape index (κ3) is 3.14. The van der Waals surface area contributed by atoms with Crippen LogP contribution < -0.4 is 10.6 Å². The SMILES string of the molecule is O=C1CC(C(=O)NCc2ccc3c(c2)CCC3)c2ccc(F)cc2N1. The molecule has 1 aliphatic heterocycles. The molecular weight excluding hydrogens is 319 g/mol. The van der Waals surface area contributed by atoms with Gasteiger partial charge in [-0.2, -0.15) is 0 Å². The second-order valence-corrected chi connectivity index (χ2v) is 6.71. The zero-order valence-electron chi connectivity index (χ0n) is 13.8. The number of halogens is 1. The molecule has 0 radical (unpaired) electrons. The average Bonchev–Trinajstić information content (AvgIpc) is 3.06. The molecular formula is C20H19FN2O2. The molecule has 0 saturated carbocycles. The van der Waals surface area contributed by atoms with Gasteiger partial charge in [0.05, 0.1) is 5.92 Å². The van der Waals surface area contributed by atoms with Crippen LogP contribution in [0.5, 0.6) is 0 Å². The lowest BCUT2D eigenvalue weighted by Gasteiger charge is -2.25. The molecule has 0 spiro atoms. The van der Waals surface area contributed by atoms with Crippen molar-refractivity contribution in [3.8, 4) is 0 Å². The third-order valence-electron chi connectivity index (χ3n) is 5.00. The first kappa shape index (κ1) is 15.8. The molecule has 5 heteroatoms. The fourth-order valence-corrected chi connectivity index (χ4v) is 3.72. The molecule has 1 heterocycles. The van der Waals surface area contributed by atoms with E-state index in [1.165, 1.54) is 29.7 Å². The highest BCUT2D eigenvalue weighted by Gasteiger charge is 2.30. The van der Waals surface area contributed by atoms with Crippen molar-refractivity contribution >= 4 is 17.5 Å². The Balaban J connectivity index is 1.49. The Labute approximate surface area is 145 Å². The van der Waals surface area contributed by atoms with Crippen LogP contribution in [0.2, 0.25) is 0 Å². The number of anilines is 1. The van der Waals surface area contributed by atoms with Gasteiger partial charge in [-0.25, -0.2) is 4.39 Å². The van der Waals surface area contributed by atoms with Crippen molar-refractivity contribution < 1.29 is 14.0 Å². The summed E-state index contributed by atoms with van der Waals surface area (Å²) >= 11 is 0. The van der Waals surface area contributed by atoms with Crippen molar-refractivity contribution in [3.05, 3.63) is 64.5 Å². The number of aryl methyl sites for hydroxylation is 2. The summed E-state index contributed by atoms with van der Waals surface area (Å²) < 4.78 is 13.4. The molecule has 0 saturated heterocycles. The molecule has 0 aromatic heterocycles. The molecule has 0 fully saturated rings. The van der Waals surface area contributed by atoms with E-state index in [4.69, 9.17) is 0 Å². The quantitative estimate of drug-likeness (QED) is 0.904. The van der Waals surface area contributed by atoms with E-state index in [1.54, 1.807) is 6.07 Å². The van der Waals surface area contributed by atoms with Gasteiger partial charge in [0.2, 0.25) is 11.8 Å². The smallest absolute Gasteiger partial charge is 0.228 e. The largest absolute Gasteiger partial charge is 0.351 e. The highest BCUT2D eigenvalue weighted by Crippen LogP contribution is 2.33. The number of carbonyl (C=O) groups excluding carboxylic acids is 2. The summed E-state index contributed by atoms with van der Waals surface area (Å²) in [6, 6.07) is 10.5. The van der Waals surface area contributed by atoms with Gasteiger partial charge >= 0.3 is 0 Å². The minimum atomic E-state index is -0.584. The first-order valence-corrected chi connectivity index (χ1v) is 8.58. The molecule has 2 aromatic rings. The molecule has 128 valence electrons. The lowest BCUT2D eigenvalue weighted by Crippen LogP contribution is -2.34. The monoisotopic (exact) mass is 338 g/mol. The second-order valence-electron chi connectivity index (χ2n) is 6.71. The number of carbonyl (C=O) groups is 2. The molecule has 4 rings (SSSR count). The Bertz CT molecular complexity index is 863. The van der Waals surface area contributed by atoms with E-state index >= 15 is 0 Å². The highest BCUT2D eigenvalue weighted by atomic mass is 19.1. The number of rotatable bonds is 3. The van der Waals surface area contributed by atoms with Crippen molar-refractivity contribution in [2.45, 2.75) is 38.1 Å². The van der Waals surface area contributed by atoms with Gasteiger partial charge in [0.1, 0.15) is 5.82 Å². The minimum absolute atomic E-state index is 0.0780. The fourth-order valence-electron chi connectivity index (χ4n) is 3.72. The van der Waals surface area contributed by atoms with Crippen molar-refractivity contribution in [1.82, 2.24) is 5.32 Å². The van der Waals surface area contributed by atoms with Crippen molar-refractivity contribution in [2.75, 3.05) is 5.32 Å². The van der Waals surface area contributed by atoms with Crippen LogP contribution in [0, 0.1) is 5.82 Å². The summed E-state index contributed by atoms with van der Waals surface area (Å²) in [6.45, 7) is 0.431. The predicted molar refractivity (Wildman–Crippen MR) is 92.7 cm³/mol. The maximum absolute atomic E-state index is 13.4. The standard InChI is InChI=1S/C20H19FN2O2/c21-15-6-7-16-17(10-19(24)23-18(16)9-15)20(25)22-11-12-4-5-13-2-1-3-14(13)8-12/h4-9,17H,1-3,10-11H2,(H,22,25)(H,23,24). The lowest BCUT2D eigenvalue weighted by atomic mass is 9.89. The van der Waals surface area contributed by atoms with E-state index in [9.17, 15) is 14.0 Å². The Hall–Kier alpha value is -2.69. The van der Waals surface area contributed by atoms with Crippen molar-refractivity contribution in [1.29, 1.82) is 0 Å². The molecule has 25 heavy (non-hydrogen) atoms. The molecule has 2 N–H and O–H groups in total. The Morgan fingerprint density at radius 2 is 2.00 bits per heavy atom. The number of benzene rings is 2. The molecule has 2 amide bonds. The average molecular weight is 338 g/mol. The molecule has 0 bridgehead atoms. The normalized spacial score (nSPS) is 18.3. The zero-order valence-corrected chi connectivity index (χ0v) is 13.8. The summed E-state index contributed by atoms with van der Waals surface area (Å²) in [5.74, 6) is -1.49. The van der Waals surface area contributed by atoms with E-state index in [1.807, 2.05) is 6.07 Å². The van der Waals surface area contributed by atoms with Crippen LogP contribution in [-0.2, 0) is 29.0 Å². The van der Waals surface area contributed by atoms with Crippen molar-refractivity contribution in [2.24, 2.45) is 0 Å². The summed E-state index contributed by atoms with van der Waals surface area (Å²) in [6.07, 6.45) is 3.50. The number of hydrogen-bond donors (Lipinski definition) is 2. The van der Waals surface area contributed by atoms with Gasteiger partial charge in [0, 0.05) is 18.7 Å². The van der Waals surface area contributed by atoms with Gasteiger partial charge in [-0.15, -0.1) is 0 Å². The first-order chi connectivity index (χ1) is 12.1. The van der Waals surface area contributed by atoms with Crippen LogP contribution in [0.1, 0.15) is 41.0 Å². The molecule has 1 aliphatic carbocycles. The minimum Gasteiger partial charge on any atom is -0.351 e. The van der Waals surface area contributed by atoms with Crippen LogP contribution >= 0.6 is 0 Å². The third-order valence-corrected chi connectivity index (χ3v) is 5.00. The van der Waals surface area contributed by atoms with Gasteiger partial charge < -0.3 is 10.6 Å². The Morgan fingerprint density at radius 3 is 2.88 bits per heavy atom. The summed E-state index contributed by atoms with van der Waals surface area (Å²) in [4.78, 5) is 24.5. The molecule has 4 nitrogen and oxygen atoms in total. The Kier molecular flexibility index (Phi) is 3.99. The zero-order chi connectivity index (χ0) is 17.4. The summed E-state index contributed by atoms with van der Waals surface area (Å²) in [5, 5.41) is 5.55. The number of amides is 2. The predicted octanol–water partition coefficient (Wildman–Crippen LogP) is 3.06. The molecule has 1 atom stereocenters. The lowest BCUT2D eigenvalue weighted by molar-refractivity contribution is -0.126. The van der Waals surface area contributed by atoms with Crippen LogP contribution in [0.3, 0.4) is 0 Å². The topological polar surface area (TPSA) is 58.2 Å². The number of nitrogens with one attached hydrogen (secondary N) is 2. The van der Waals surface area contributed by atoms with Gasteiger partial charge in [-0.1, -0.05) is 24.3 Å². The first-order valence-electron chi connectivity index (χ1n) is 8.58. The molecule has 1 unspecified atom stereocenters.